The number of hydrogen-bond donors (Lipinski definition) is 0. The summed E-state index contributed by atoms with van der Waals surface area (Å²) in [5.41, 5.74) is 3.03. The van der Waals surface area contributed by atoms with Gasteiger partial charge in [-0.05, 0) is 49.4 Å². The van der Waals surface area contributed by atoms with E-state index in [-0.39, 0.29) is 15.8 Å². The Hall–Kier alpha value is -3.32. The predicted molar refractivity (Wildman–Crippen MR) is 153 cm³/mol. The van der Waals surface area contributed by atoms with E-state index in [0.717, 1.165) is 34.7 Å². The van der Waals surface area contributed by atoms with Crippen LogP contribution in [0.2, 0.25) is 0 Å². The van der Waals surface area contributed by atoms with E-state index in [1.165, 1.54) is 0 Å². The molecule has 3 heterocycles. The number of hydrogen-bond acceptors (Lipinski definition) is 9. The maximum absolute atomic E-state index is 14.0. The van der Waals surface area contributed by atoms with Gasteiger partial charge in [-0.15, -0.1) is 0 Å². The predicted octanol–water partition coefficient (Wildman–Crippen LogP) is 3.54. The minimum absolute atomic E-state index is 0.0179. The molecule has 0 N–H and O–H groups in total. The van der Waals surface area contributed by atoms with Crippen molar-refractivity contribution >= 4 is 37.5 Å². The van der Waals surface area contributed by atoms with Gasteiger partial charge in [-0.3, -0.25) is 9.19 Å². The van der Waals surface area contributed by atoms with Crippen LogP contribution in [0.25, 0.3) is 11.0 Å². The first-order chi connectivity index (χ1) is 19.4. The van der Waals surface area contributed by atoms with Gasteiger partial charge in [-0.25, -0.2) is 17.4 Å². The molecule has 10 nitrogen and oxygen atoms in total. The van der Waals surface area contributed by atoms with Gasteiger partial charge in [0, 0.05) is 50.7 Å². The molecule has 2 aromatic heterocycles. The fourth-order valence-corrected chi connectivity index (χ4v) is 7.59. The number of methoxy groups -OCH3 is 1. The summed E-state index contributed by atoms with van der Waals surface area (Å²) in [6, 6.07) is 15.4. The summed E-state index contributed by atoms with van der Waals surface area (Å²) in [6.45, 7) is 5.66. The van der Waals surface area contributed by atoms with Crippen LogP contribution in [0, 0.1) is 6.92 Å². The highest BCUT2D eigenvalue weighted by Gasteiger charge is 2.28. The second-order valence-electron chi connectivity index (χ2n) is 9.31. The zero-order valence-corrected chi connectivity index (χ0v) is 24.1. The Bertz CT molecular complexity index is 1600. The summed E-state index contributed by atoms with van der Waals surface area (Å²) in [7, 11) is -4.30. The molecule has 1 saturated heterocycles. The number of anilines is 1. The van der Waals surface area contributed by atoms with E-state index in [2.05, 4.69) is 14.9 Å². The average Bonchev–Trinajstić information content (AvgIpc) is 3.38. The average molecular weight is 585 g/mol. The molecule has 0 saturated carbocycles. The van der Waals surface area contributed by atoms with Crippen molar-refractivity contribution in [1.82, 2.24) is 13.9 Å². The monoisotopic (exact) mass is 584 g/mol. The van der Waals surface area contributed by atoms with Crippen molar-refractivity contribution in [3.8, 4) is 5.75 Å². The van der Waals surface area contributed by atoms with E-state index in [1.807, 2.05) is 6.92 Å². The highest BCUT2D eigenvalue weighted by Crippen LogP contribution is 2.29. The number of fused-ring (bicyclic) bond motifs is 1. The van der Waals surface area contributed by atoms with Crippen LogP contribution in [0.1, 0.15) is 17.7 Å². The summed E-state index contributed by atoms with van der Waals surface area (Å²) >= 11 is 0. The normalized spacial score (nSPS) is 14.9. The van der Waals surface area contributed by atoms with Gasteiger partial charge < -0.3 is 19.1 Å². The van der Waals surface area contributed by atoms with Crippen LogP contribution >= 0.6 is 0 Å². The number of imidazole rings is 1. The molecule has 1 aliphatic heterocycles. The van der Waals surface area contributed by atoms with Crippen molar-refractivity contribution < 1.29 is 26.8 Å². The number of ether oxygens (including phenoxy) is 3. The topological polar surface area (TPSA) is 113 Å². The standard InChI is InChI=1S/C28H32N4O6S2/c1-21-25(29-13-12-27(21)38-17-5-16-36-2)20-39(33)28-30-24-6-3-4-7-26(24)32(28)40(34,35)23-10-8-22(9-11-23)31-14-18-37-19-15-31/h3-4,6-13H,5,14-20H2,1-2H3. The Balaban J connectivity index is 1.46. The third kappa shape index (κ3) is 5.90. The van der Waals surface area contributed by atoms with E-state index in [0.29, 0.717) is 48.9 Å². The molecule has 40 heavy (non-hydrogen) atoms. The zero-order valence-electron chi connectivity index (χ0n) is 22.5. The SMILES string of the molecule is COCCCOc1ccnc(CS(=O)c2nc3ccccc3n2S(=O)(=O)c2ccc(N3CCOCC3)cc2)c1C. The molecule has 1 unspecified atom stereocenters. The van der Waals surface area contributed by atoms with Gasteiger partial charge in [0.25, 0.3) is 10.0 Å². The van der Waals surface area contributed by atoms with Crippen molar-refractivity contribution in [2.45, 2.75) is 29.1 Å². The van der Waals surface area contributed by atoms with Crippen molar-refractivity contribution in [3.63, 3.8) is 0 Å². The summed E-state index contributed by atoms with van der Waals surface area (Å²) in [6.07, 6.45) is 2.33. The number of nitrogens with zero attached hydrogens (tertiary/aromatic N) is 4. The van der Waals surface area contributed by atoms with Gasteiger partial charge in [0.15, 0.2) is 0 Å². The number of rotatable bonds is 11. The smallest absolute Gasteiger partial charge is 0.270 e. The van der Waals surface area contributed by atoms with Crippen molar-refractivity contribution in [2.75, 3.05) is 51.5 Å². The van der Waals surface area contributed by atoms with Crippen molar-refractivity contribution in [2.24, 2.45) is 0 Å². The van der Waals surface area contributed by atoms with Crippen LogP contribution in [0.15, 0.2) is 70.8 Å². The molecule has 12 heteroatoms. The Labute approximate surface area is 236 Å². The van der Waals surface area contributed by atoms with Crippen LogP contribution in [0.5, 0.6) is 5.75 Å². The van der Waals surface area contributed by atoms with E-state index in [4.69, 9.17) is 14.2 Å². The molecule has 0 aliphatic carbocycles. The fraction of sp³-hybridized carbons (Fsp3) is 0.357. The maximum Gasteiger partial charge on any atom is 0.270 e. The van der Waals surface area contributed by atoms with Gasteiger partial charge >= 0.3 is 0 Å². The lowest BCUT2D eigenvalue weighted by atomic mass is 10.2. The number of benzene rings is 2. The molecule has 5 rings (SSSR count). The molecule has 2 aromatic carbocycles. The lowest BCUT2D eigenvalue weighted by molar-refractivity contribution is 0.122. The first kappa shape index (κ1) is 28.2. The highest BCUT2D eigenvalue weighted by atomic mass is 32.2. The summed E-state index contributed by atoms with van der Waals surface area (Å²) in [5, 5.41) is -0.0499. The number of morpholine rings is 1. The number of aromatic nitrogens is 3. The molecule has 4 aromatic rings. The second kappa shape index (κ2) is 12.5. The third-order valence-electron chi connectivity index (χ3n) is 6.72. The molecule has 0 radical (unpaired) electrons. The van der Waals surface area contributed by atoms with E-state index >= 15 is 0 Å². The van der Waals surface area contributed by atoms with Gasteiger partial charge in [-0.2, -0.15) is 0 Å². The molecular formula is C28H32N4O6S2. The molecule has 1 aliphatic rings. The third-order valence-corrected chi connectivity index (χ3v) is 9.77. The fourth-order valence-electron chi connectivity index (χ4n) is 4.55. The molecular weight excluding hydrogens is 552 g/mol. The van der Waals surface area contributed by atoms with Crippen LogP contribution in [-0.2, 0) is 36.0 Å². The largest absolute Gasteiger partial charge is 0.493 e. The lowest BCUT2D eigenvalue weighted by Gasteiger charge is -2.28. The summed E-state index contributed by atoms with van der Waals surface area (Å²) in [5.74, 6) is 0.621. The Morgan fingerprint density at radius 3 is 2.52 bits per heavy atom. The molecule has 212 valence electrons. The number of pyridine rings is 1. The summed E-state index contributed by atoms with van der Waals surface area (Å²) < 4.78 is 59.1. The summed E-state index contributed by atoms with van der Waals surface area (Å²) in [4.78, 5) is 11.2. The van der Waals surface area contributed by atoms with Crippen LogP contribution in [-0.4, -0.2) is 73.2 Å². The van der Waals surface area contributed by atoms with Gasteiger partial charge in [0.2, 0.25) is 5.16 Å². The Morgan fingerprint density at radius 2 is 1.77 bits per heavy atom. The molecule has 1 fully saturated rings. The van der Waals surface area contributed by atoms with E-state index < -0.39 is 20.8 Å². The van der Waals surface area contributed by atoms with Crippen LogP contribution in [0.4, 0.5) is 5.69 Å². The van der Waals surface area contributed by atoms with Gasteiger partial charge in [0.1, 0.15) is 5.75 Å². The van der Waals surface area contributed by atoms with E-state index in [9.17, 15) is 12.6 Å². The minimum atomic E-state index is -4.11. The molecule has 0 spiro atoms. The maximum atomic E-state index is 14.0. The minimum Gasteiger partial charge on any atom is -0.493 e. The first-order valence-electron chi connectivity index (χ1n) is 13.0. The molecule has 1 atom stereocenters. The van der Waals surface area contributed by atoms with Crippen LogP contribution in [0.3, 0.4) is 0 Å². The van der Waals surface area contributed by atoms with E-state index in [1.54, 1.807) is 67.9 Å². The molecule has 0 bridgehead atoms. The lowest BCUT2D eigenvalue weighted by Crippen LogP contribution is -2.36. The molecule has 0 amide bonds. The zero-order chi connectivity index (χ0) is 28.1. The van der Waals surface area contributed by atoms with Gasteiger partial charge in [-0.1, -0.05) is 12.1 Å². The number of para-hydroxylation sites is 2. The first-order valence-corrected chi connectivity index (χ1v) is 15.8. The van der Waals surface area contributed by atoms with Crippen molar-refractivity contribution in [3.05, 3.63) is 72.1 Å². The second-order valence-corrected chi connectivity index (χ2v) is 12.4. The van der Waals surface area contributed by atoms with Gasteiger partial charge in [0.05, 0.1) is 58.0 Å². The highest BCUT2D eigenvalue weighted by molar-refractivity contribution is 7.91. The van der Waals surface area contributed by atoms with Crippen molar-refractivity contribution in [1.29, 1.82) is 0 Å². The quantitative estimate of drug-likeness (QED) is 0.244. The van der Waals surface area contributed by atoms with Crippen LogP contribution < -0.4 is 9.64 Å². The Kier molecular flexibility index (Phi) is 8.79. The Morgan fingerprint density at radius 1 is 1.02 bits per heavy atom.